The first-order valence-corrected chi connectivity index (χ1v) is 6.19. The van der Waals surface area contributed by atoms with Gasteiger partial charge in [-0.2, -0.15) is 0 Å². The summed E-state index contributed by atoms with van der Waals surface area (Å²) < 4.78 is 13.1. The third-order valence-electron chi connectivity index (χ3n) is 2.97. The van der Waals surface area contributed by atoms with Crippen molar-refractivity contribution in [3.63, 3.8) is 0 Å². The van der Waals surface area contributed by atoms with Crippen LogP contribution in [-0.2, 0) is 0 Å². The average Bonchev–Trinajstić information content (AvgIpc) is 2.77. The zero-order valence-corrected chi connectivity index (χ0v) is 11.6. The molecule has 1 atom stereocenters. The summed E-state index contributed by atoms with van der Waals surface area (Å²) in [4.78, 5) is 11.6. The SMILES string of the molecule is Cc1cc(F)cc(NC(=O)NC[C@@H]2CCCN2)c1.Cl. The number of anilines is 1. The van der Waals surface area contributed by atoms with Crippen LogP contribution in [-0.4, -0.2) is 25.2 Å². The minimum absolute atomic E-state index is 0. The summed E-state index contributed by atoms with van der Waals surface area (Å²) in [5, 5.41) is 8.70. The first-order chi connectivity index (χ1) is 8.63. The number of urea groups is 1. The molecular weight excluding hydrogens is 269 g/mol. The monoisotopic (exact) mass is 287 g/mol. The van der Waals surface area contributed by atoms with Gasteiger partial charge in [0.1, 0.15) is 5.82 Å². The molecule has 1 aliphatic rings. The molecule has 4 nitrogen and oxygen atoms in total. The Morgan fingerprint density at radius 3 is 2.89 bits per heavy atom. The lowest BCUT2D eigenvalue weighted by molar-refractivity contribution is 0.251. The quantitative estimate of drug-likeness (QED) is 0.800. The number of halogens is 2. The molecule has 0 spiro atoms. The van der Waals surface area contributed by atoms with E-state index in [-0.39, 0.29) is 24.3 Å². The van der Waals surface area contributed by atoms with E-state index >= 15 is 0 Å². The molecular formula is C13H19ClFN3O. The van der Waals surface area contributed by atoms with E-state index in [2.05, 4.69) is 16.0 Å². The van der Waals surface area contributed by atoms with Gasteiger partial charge in [-0.1, -0.05) is 0 Å². The van der Waals surface area contributed by atoms with Crippen molar-refractivity contribution in [1.82, 2.24) is 10.6 Å². The summed E-state index contributed by atoms with van der Waals surface area (Å²) in [6.07, 6.45) is 2.23. The molecule has 0 aliphatic carbocycles. The van der Waals surface area contributed by atoms with E-state index in [9.17, 15) is 9.18 Å². The molecule has 2 rings (SSSR count). The third-order valence-corrected chi connectivity index (χ3v) is 2.97. The second-order valence-electron chi connectivity index (χ2n) is 4.65. The Balaban J connectivity index is 0.00000180. The maximum atomic E-state index is 13.1. The molecule has 0 saturated carbocycles. The summed E-state index contributed by atoms with van der Waals surface area (Å²) in [5.41, 5.74) is 1.26. The molecule has 106 valence electrons. The van der Waals surface area contributed by atoms with E-state index in [0.717, 1.165) is 24.9 Å². The molecule has 0 bridgehead atoms. The highest BCUT2D eigenvalue weighted by Crippen LogP contribution is 2.13. The topological polar surface area (TPSA) is 53.2 Å². The number of amides is 2. The highest BCUT2D eigenvalue weighted by molar-refractivity contribution is 5.89. The summed E-state index contributed by atoms with van der Waals surface area (Å²) in [7, 11) is 0. The van der Waals surface area contributed by atoms with Crippen LogP contribution in [0.1, 0.15) is 18.4 Å². The lowest BCUT2D eigenvalue weighted by Gasteiger charge is -2.12. The Morgan fingerprint density at radius 2 is 2.26 bits per heavy atom. The average molecular weight is 288 g/mol. The lowest BCUT2D eigenvalue weighted by atomic mass is 10.2. The minimum Gasteiger partial charge on any atom is -0.336 e. The van der Waals surface area contributed by atoms with Crippen LogP contribution < -0.4 is 16.0 Å². The molecule has 3 N–H and O–H groups in total. The number of aryl methyl sites for hydroxylation is 1. The number of hydrogen-bond acceptors (Lipinski definition) is 2. The second kappa shape index (κ2) is 7.31. The molecule has 0 radical (unpaired) electrons. The first kappa shape index (κ1) is 15.7. The van der Waals surface area contributed by atoms with Gasteiger partial charge in [0.2, 0.25) is 0 Å². The number of nitrogens with one attached hydrogen (secondary N) is 3. The van der Waals surface area contributed by atoms with Gasteiger partial charge < -0.3 is 16.0 Å². The van der Waals surface area contributed by atoms with Crippen molar-refractivity contribution >= 4 is 24.1 Å². The third kappa shape index (κ3) is 5.04. The van der Waals surface area contributed by atoms with Gasteiger partial charge in [-0.3, -0.25) is 0 Å². The van der Waals surface area contributed by atoms with Gasteiger partial charge in [0.05, 0.1) is 0 Å². The van der Waals surface area contributed by atoms with Gasteiger partial charge in [-0.15, -0.1) is 12.4 Å². The van der Waals surface area contributed by atoms with Gasteiger partial charge in [0.15, 0.2) is 0 Å². The van der Waals surface area contributed by atoms with Crippen LogP contribution in [0.2, 0.25) is 0 Å². The Morgan fingerprint density at radius 1 is 1.47 bits per heavy atom. The maximum absolute atomic E-state index is 13.1. The molecule has 6 heteroatoms. The fourth-order valence-corrected chi connectivity index (χ4v) is 2.13. The normalized spacial score (nSPS) is 17.7. The van der Waals surface area contributed by atoms with Crippen molar-refractivity contribution in [2.24, 2.45) is 0 Å². The molecule has 1 aliphatic heterocycles. The van der Waals surface area contributed by atoms with Crippen LogP contribution in [0.5, 0.6) is 0 Å². The smallest absolute Gasteiger partial charge is 0.319 e. The summed E-state index contributed by atoms with van der Waals surface area (Å²) >= 11 is 0. The zero-order valence-electron chi connectivity index (χ0n) is 10.8. The maximum Gasteiger partial charge on any atom is 0.319 e. The van der Waals surface area contributed by atoms with Crippen molar-refractivity contribution in [3.8, 4) is 0 Å². The van der Waals surface area contributed by atoms with Crippen molar-refractivity contribution in [3.05, 3.63) is 29.6 Å². The van der Waals surface area contributed by atoms with Gasteiger partial charge in [0.25, 0.3) is 0 Å². The fraction of sp³-hybridized carbons (Fsp3) is 0.462. The largest absolute Gasteiger partial charge is 0.336 e. The van der Waals surface area contributed by atoms with E-state index in [4.69, 9.17) is 0 Å². The Bertz CT molecular complexity index is 416. The molecule has 2 amide bonds. The van der Waals surface area contributed by atoms with Crippen molar-refractivity contribution in [2.45, 2.75) is 25.8 Å². The number of carbonyl (C=O) groups excluding carboxylic acids is 1. The van der Waals surface area contributed by atoms with E-state index in [1.807, 2.05) is 0 Å². The highest BCUT2D eigenvalue weighted by atomic mass is 35.5. The van der Waals surface area contributed by atoms with Crippen LogP contribution in [0.4, 0.5) is 14.9 Å². The number of hydrogen-bond donors (Lipinski definition) is 3. The predicted molar refractivity (Wildman–Crippen MR) is 76.4 cm³/mol. The predicted octanol–water partition coefficient (Wildman–Crippen LogP) is 2.43. The molecule has 1 aromatic carbocycles. The number of benzene rings is 1. The van der Waals surface area contributed by atoms with Gasteiger partial charge in [-0.05, 0) is 50.1 Å². The van der Waals surface area contributed by atoms with Crippen molar-refractivity contribution < 1.29 is 9.18 Å². The van der Waals surface area contributed by atoms with E-state index in [1.165, 1.54) is 12.1 Å². The zero-order chi connectivity index (χ0) is 13.0. The van der Waals surface area contributed by atoms with Gasteiger partial charge in [0, 0.05) is 18.3 Å². The van der Waals surface area contributed by atoms with Crippen LogP contribution >= 0.6 is 12.4 Å². The first-order valence-electron chi connectivity index (χ1n) is 6.19. The lowest BCUT2D eigenvalue weighted by Crippen LogP contribution is -2.39. The van der Waals surface area contributed by atoms with E-state index in [1.54, 1.807) is 13.0 Å². The Labute approximate surface area is 118 Å². The van der Waals surface area contributed by atoms with Crippen LogP contribution in [0.15, 0.2) is 18.2 Å². The van der Waals surface area contributed by atoms with Crippen molar-refractivity contribution in [1.29, 1.82) is 0 Å². The molecule has 19 heavy (non-hydrogen) atoms. The Kier molecular flexibility index (Phi) is 6.05. The number of carbonyl (C=O) groups is 1. The minimum atomic E-state index is -0.345. The van der Waals surface area contributed by atoms with E-state index < -0.39 is 0 Å². The molecule has 1 aromatic rings. The fourth-order valence-electron chi connectivity index (χ4n) is 2.13. The molecule has 1 fully saturated rings. The van der Waals surface area contributed by atoms with Crippen LogP contribution in [0.3, 0.4) is 0 Å². The second-order valence-corrected chi connectivity index (χ2v) is 4.65. The highest BCUT2D eigenvalue weighted by Gasteiger charge is 2.14. The van der Waals surface area contributed by atoms with Crippen LogP contribution in [0, 0.1) is 12.7 Å². The molecule has 0 aromatic heterocycles. The van der Waals surface area contributed by atoms with Gasteiger partial charge in [-0.25, -0.2) is 9.18 Å². The molecule has 0 unspecified atom stereocenters. The summed E-state index contributed by atoms with van der Waals surface area (Å²) in [5.74, 6) is -0.345. The number of rotatable bonds is 3. The van der Waals surface area contributed by atoms with E-state index in [0.29, 0.717) is 18.3 Å². The molecule has 1 saturated heterocycles. The summed E-state index contributed by atoms with van der Waals surface area (Å²) in [6, 6.07) is 4.52. The standard InChI is InChI=1S/C13H18FN3O.ClH/c1-9-5-10(14)7-12(6-9)17-13(18)16-8-11-3-2-4-15-11;/h5-7,11,15H,2-4,8H2,1H3,(H2,16,17,18);1H/t11-;/m0./s1. The summed E-state index contributed by atoms with van der Waals surface area (Å²) in [6.45, 7) is 3.39. The van der Waals surface area contributed by atoms with Crippen LogP contribution in [0.25, 0.3) is 0 Å². The molecule has 1 heterocycles. The Hall–Kier alpha value is -1.33. The van der Waals surface area contributed by atoms with Crippen molar-refractivity contribution in [2.75, 3.05) is 18.4 Å². The van der Waals surface area contributed by atoms with Gasteiger partial charge >= 0.3 is 6.03 Å².